The molecular formula is C15H26N2O2. The van der Waals surface area contributed by atoms with Crippen molar-refractivity contribution in [3.05, 3.63) is 0 Å². The maximum absolute atomic E-state index is 11.4. The van der Waals surface area contributed by atoms with E-state index in [4.69, 9.17) is 10.00 Å². The van der Waals surface area contributed by atoms with E-state index in [1.54, 1.807) is 0 Å². The largest absolute Gasteiger partial charge is 0.469 e. The molecule has 0 spiro atoms. The highest BCUT2D eigenvalue weighted by molar-refractivity contribution is 5.69. The highest BCUT2D eigenvalue weighted by Gasteiger charge is 2.25. The summed E-state index contributed by atoms with van der Waals surface area (Å²) in [6.45, 7) is 6.01. The monoisotopic (exact) mass is 266 g/mol. The van der Waals surface area contributed by atoms with Gasteiger partial charge in [0.25, 0.3) is 0 Å². The molecule has 1 fully saturated rings. The van der Waals surface area contributed by atoms with Gasteiger partial charge in [-0.2, -0.15) is 5.26 Å². The smallest absolute Gasteiger partial charge is 0.307 e. The fourth-order valence-electron chi connectivity index (χ4n) is 2.64. The van der Waals surface area contributed by atoms with Crippen LogP contribution in [0.3, 0.4) is 0 Å². The van der Waals surface area contributed by atoms with Crippen LogP contribution in [-0.4, -0.2) is 37.1 Å². The molecule has 0 aromatic rings. The van der Waals surface area contributed by atoms with Crippen molar-refractivity contribution in [3.63, 3.8) is 0 Å². The van der Waals surface area contributed by atoms with Crippen LogP contribution >= 0.6 is 0 Å². The summed E-state index contributed by atoms with van der Waals surface area (Å²) in [5, 5.41) is 9.01. The standard InChI is InChI=1S/C15H26N2O2/c1-15(2,12-16)8-6-10-17-9-5-4-7-13(17)11-14(18)19-3/h13H,4-11H2,1-3H3. The number of esters is 1. The first-order valence-electron chi connectivity index (χ1n) is 7.20. The van der Waals surface area contributed by atoms with Gasteiger partial charge in [0.2, 0.25) is 0 Å². The molecule has 0 N–H and O–H groups in total. The zero-order valence-corrected chi connectivity index (χ0v) is 12.4. The van der Waals surface area contributed by atoms with E-state index < -0.39 is 0 Å². The fourth-order valence-corrected chi connectivity index (χ4v) is 2.64. The average molecular weight is 266 g/mol. The quantitative estimate of drug-likeness (QED) is 0.694. The molecule has 1 saturated heterocycles. The lowest BCUT2D eigenvalue weighted by Crippen LogP contribution is -2.41. The van der Waals surface area contributed by atoms with Gasteiger partial charge in [0.05, 0.1) is 25.0 Å². The highest BCUT2D eigenvalue weighted by Crippen LogP contribution is 2.24. The van der Waals surface area contributed by atoms with Gasteiger partial charge in [-0.1, -0.05) is 6.42 Å². The number of nitrogens with zero attached hydrogens (tertiary/aromatic N) is 2. The third-order valence-corrected chi connectivity index (χ3v) is 3.93. The zero-order valence-electron chi connectivity index (χ0n) is 12.4. The number of nitriles is 1. The SMILES string of the molecule is COC(=O)CC1CCCCN1CCCC(C)(C)C#N. The van der Waals surface area contributed by atoms with Crippen LogP contribution in [0.4, 0.5) is 0 Å². The van der Waals surface area contributed by atoms with Gasteiger partial charge < -0.3 is 4.74 Å². The Morgan fingerprint density at radius 3 is 2.84 bits per heavy atom. The van der Waals surface area contributed by atoms with Crippen molar-refractivity contribution in [2.24, 2.45) is 5.41 Å². The molecule has 4 heteroatoms. The van der Waals surface area contributed by atoms with E-state index in [0.717, 1.165) is 32.4 Å². The molecule has 0 amide bonds. The summed E-state index contributed by atoms with van der Waals surface area (Å²) < 4.78 is 4.77. The second-order valence-corrected chi connectivity index (χ2v) is 6.07. The molecule has 0 bridgehead atoms. The number of carbonyl (C=O) groups excluding carboxylic acids is 1. The number of carbonyl (C=O) groups is 1. The molecule has 19 heavy (non-hydrogen) atoms. The van der Waals surface area contributed by atoms with Crippen molar-refractivity contribution in [1.29, 1.82) is 5.26 Å². The van der Waals surface area contributed by atoms with Crippen LogP contribution in [0, 0.1) is 16.7 Å². The van der Waals surface area contributed by atoms with Gasteiger partial charge in [-0.3, -0.25) is 9.69 Å². The Bertz CT molecular complexity index is 334. The summed E-state index contributed by atoms with van der Waals surface area (Å²) in [5.41, 5.74) is -0.242. The van der Waals surface area contributed by atoms with E-state index in [2.05, 4.69) is 11.0 Å². The molecule has 1 heterocycles. The molecule has 1 rings (SSSR count). The minimum Gasteiger partial charge on any atom is -0.469 e. The first kappa shape index (κ1) is 16.0. The molecule has 0 aromatic heterocycles. The lowest BCUT2D eigenvalue weighted by atomic mass is 9.89. The minimum atomic E-state index is -0.242. The number of rotatable bonds is 6. The summed E-state index contributed by atoms with van der Waals surface area (Å²) in [5.74, 6) is -0.116. The number of ether oxygens (including phenoxy) is 1. The molecule has 0 aliphatic carbocycles. The molecule has 1 aliphatic rings. The predicted octanol–water partition coefficient (Wildman–Crippen LogP) is 2.73. The Morgan fingerprint density at radius 1 is 1.47 bits per heavy atom. The van der Waals surface area contributed by atoms with Crippen LogP contribution in [0.5, 0.6) is 0 Å². The van der Waals surface area contributed by atoms with Crippen molar-refractivity contribution >= 4 is 5.97 Å². The lowest BCUT2D eigenvalue weighted by Gasteiger charge is -2.35. The third kappa shape index (κ3) is 5.61. The van der Waals surface area contributed by atoms with Gasteiger partial charge in [-0.25, -0.2) is 0 Å². The molecule has 0 radical (unpaired) electrons. The maximum Gasteiger partial charge on any atom is 0.307 e. The highest BCUT2D eigenvalue weighted by atomic mass is 16.5. The lowest BCUT2D eigenvalue weighted by molar-refractivity contribution is -0.142. The van der Waals surface area contributed by atoms with Crippen LogP contribution < -0.4 is 0 Å². The normalized spacial score (nSPS) is 20.8. The molecule has 1 atom stereocenters. The molecule has 1 aliphatic heterocycles. The molecule has 1 unspecified atom stereocenters. The van der Waals surface area contributed by atoms with Crippen LogP contribution in [0.15, 0.2) is 0 Å². The summed E-state index contributed by atoms with van der Waals surface area (Å²) >= 11 is 0. The van der Waals surface area contributed by atoms with Crippen molar-refractivity contribution in [3.8, 4) is 6.07 Å². The summed E-state index contributed by atoms with van der Waals surface area (Å²) in [4.78, 5) is 13.8. The third-order valence-electron chi connectivity index (χ3n) is 3.93. The number of methoxy groups -OCH3 is 1. The van der Waals surface area contributed by atoms with Crippen LogP contribution in [0.1, 0.15) is 52.4 Å². The molecule has 4 nitrogen and oxygen atoms in total. The van der Waals surface area contributed by atoms with Gasteiger partial charge >= 0.3 is 5.97 Å². The summed E-state index contributed by atoms with van der Waals surface area (Å²) in [6, 6.07) is 2.66. The Kier molecular flexibility index (Phi) is 6.30. The molecular weight excluding hydrogens is 240 g/mol. The second kappa shape index (κ2) is 7.49. The van der Waals surface area contributed by atoms with E-state index in [9.17, 15) is 4.79 Å². The topological polar surface area (TPSA) is 53.3 Å². The molecule has 0 saturated carbocycles. The first-order chi connectivity index (χ1) is 8.98. The van der Waals surface area contributed by atoms with Crippen molar-refractivity contribution in [2.75, 3.05) is 20.2 Å². The van der Waals surface area contributed by atoms with Crippen molar-refractivity contribution in [2.45, 2.75) is 58.4 Å². The fraction of sp³-hybridized carbons (Fsp3) is 0.867. The van der Waals surface area contributed by atoms with Gasteiger partial charge in [0.15, 0.2) is 0 Å². The Morgan fingerprint density at radius 2 is 2.21 bits per heavy atom. The van der Waals surface area contributed by atoms with Crippen molar-refractivity contribution in [1.82, 2.24) is 4.90 Å². The van der Waals surface area contributed by atoms with Crippen LogP contribution in [-0.2, 0) is 9.53 Å². The van der Waals surface area contributed by atoms with E-state index >= 15 is 0 Å². The van der Waals surface area contributed by atoms with Gasteiger partial charge in [0.1, 0.15) is 0 Å². The van der Waals surface area contributed by atoms with E-state index in [1.165, 1.54) is 20.0 Å². The van der Waals surface area contributed by atoms with Gasteiger partial charge in [-0.15, -0.1) is 0 Å². The number of hydrogen-bond donors (Lipinski definition) is 0. The van der Waals surface area contributed by atoms with E-state index in [1.807, 2.05) is 13.8 Å². The number of likely N-dealkylation sites (tertiary alicyclic amines) is 1. The van der Waals surface area contributed by atoms with Crippen LogP contribution in [0.25, 0.3) is 0 Å². The maximum atomic E-state index is 11.4. The van der Waals surface area contributed by atoms with Gasteiger partial charge in [0, 0.05) is 6.04 Å². The summed E-state index contributed by atoms with van der Waals surface area (Å²) in [7, 11) is 1.45. The average Bonchev–Trinajstić information content (AvgIpc) is 2.40. The minimum absolute atomic E-state index is 0.116. The van der Waals surface area contributed by atoms with Crippen LogP contribution in [0.2, 0.25) is 0 Å². The number of piperidine rings is 1. The molecule has 0 aromatic carbocycles. The van der Waals surface area contributed by atoms with Gasteiger partial charge in [-0.05, 0) is 52.6 Å². The molecule has 108 valence electrons. The van der Waals surface area contributed by atoms with E-state index in [0.29, 0.717) is 12.5 Å². The Hall–Kier alpha value is -1.08. The van der Waals surface area contributed by atoms with Crippen molar-refractivity contribution < 1.29 is 9.53 Å². The second-order valence-electron chi connectivity index (χ2n) is 6.07. The predicted molar refractivity (Wildman–Crippen MR) is 74.5 cm³/mol. The Labute approximate surface area is 116 Å². The summed E-state index contributed by atoms with van der Waals surface area (Å²) in [6.07, 6.45) is 5.90. The number of hydrogen-bond acceptors (Lipinski definition) is 4. The Balaban J connectivity index is 2.40. The van der Waals surface area contributed by atoms with E-state index in [-0.39, 0.29) is 11.4 Å². The first-order valence-corrected chi connectivity index (χ1v) is 7.20. The zero-order chi connectivity index (χ0) is 14.3.